The predicted molar refractivity (Wildman–Crippen MR) is 50.5 cm³/mol. The Labute approximate surface area is 76.3 Å². The number of hydrogen-bond donors (Lipinski definition) is 3. The molecule has 2 nitrogen and oxygen atoms in total. The number of thiol groups is 1. The van der Waals surface area contributed by atoms with E-state index in [2.05, 4.69) is 24.5 Å². The van der Waals surface area contributed by atoms with Gasteiger partial charge in [-0.1, -0.05) is 11.8 Å². The fourth-order valence-electron chi connectivity index (χ4n) is 0.760. The minimum absolute atomic E-state index is 0.00992. The Morgan fingerprint density at radius 1 is 1.33 bits per heavy atom. The molecule has 0 saturated carbocycles. The number of phenolic OH excluding ortho intramolecular Hbond substituents is 2. The maximum absolute atomic E-state index is 9.23. The average molecular weight is 180 g/mol. The second kappa shape index (κ2) is 3.93. The normalized spacial score (nSPS) is 8.75. The summed E-state index contributed by atoms with van der Waals surface area (Å²) >= 11 is 3.90. The molecule has 0 fully saturated rings. The molecule has 0 spiro atoms. The van der Waals surface area contributed by atoms with E-state index in [4.69, 9.17) is 5.11 Å². The number of rotatable bonds is 0. The van der Waals surface area contributed by atoms with Gasteiger partial charge in [-0.15, -0.1) is 0 Å². The van der Waals surface area contributed by atoms with Gasteiger partial charge in [0.25, 0.3) is 0 Å². The minimum atomic E-state index is -0.00992. The van der Waals surface area contributed by atoms with Gasteiger partial charge >= 0.3 is 0 Å². The third-order valence-corrected chi connectivity index (χ3v) is 1.44. The number of benzene rings is 1. The zero-order valence-electron chi connectivity index (χ0n) is 6.28. The Bertz CT molecular complexity index is 336. The summed E-state index contributed by atoms with van der Waals surface area (Å²) in [7, 11) is 0. The topological polar surface area (TPSA) is 40.5 Å². The number of hydrogen-bond acceptors (Lipinski definition) is 3. The van der Waals surface area contributed by atoms with Crippen LogP contribution in [0.1, 0.15) is 5.56 Å². The third kappa shape index (κ3) is 2.11. The highest BCUT2D eigenvalue weighted by Crippen LogP contribution is 2.21. The van der Waals surface area contributed by atoms with Crippen molar-refractivity contribution in [2.45, 2.75) is 0 Å². The minimum Gasteiger partial charge on any atom is -0.508 e. The number of phenols is 2. The van der Waals surface area contributed by atoms with Gasteiger partial charge in [-0.3, -0.25) is 0 Å². The van der Waals surface area contributed by atoms with Crippen LogP contribution in [0.4, 0.5) is 0 Å². The first-order chi connectivity index (χ1) is 5.74. The van der Waals surface area contributed by atoms with E-state index in [1.54, 1.807) is 6.07 Å². The molecule has 0 unspecified atom stereocenters. The highest BCUT2D eigenvalue weighted by Gasteiger charge is 1.97. The summed E-state index contributed by atoms with van der Waals surface area (Å²) in [5.41, 5.74) is 0.502. The average Bonchev–Trinajstić information content (AvgIpc) is 2.03. The van der Waals surface area contributed by atoms with Gasteiger partial charge in [0.15, 0.2) is 0 Å². The SMILES string of the molecule is Oc1ccc(C#CCS)c(O)c1. The molecule has 3 heteroatoms. The zero-order chi connectivity index (χ0) is 8.97. The zero-order valence-corrected chi connectivity index (χ0v) is 7.18. The van der Waals surface area contributed by atoms with E-state index < -0.39 is 0 Å². The van der Waals surface area contributed by atoms with Gasteiger partial charge < -0.3 is 10.2 Å². The molecule has 1 rings (SSSR count). The van der Waals surface area contributed by atoms with Crippen molar-refractivity contribution in [3.8, 4) is 23.3 Å². The first kappa shape index (κ1) is 8.82. The monoisotopic (exact) mass is 180 g/mol. The second-order valence-electron chi connectivity index (χ2n) is 2.16. The largest absolute Gasteiger partial charge is 0.508 e. The van der Waals surface area contributed by atoms with Crippen molar-refractivity contribution in [3.05, 3.63) is 23.8 Å². The Hall–Kier alpha value is -1.27. The molecular weight excluding hydrogens is 172 g/mol. The first-order valence-electron chi connectivity index (χ1n) is 3.36. The van der Waals surface area contributed by atoms with Crippen LogP contribution in [0.15, 0.2) is 18.2 Å². The molecule has 0 saturated heterocycles. The molecule has 2 N–H and O–H groups in total. The lowest BCUT2D eigenvalue weighted by Crippen LogP contribution is -1.76. The fraction of sp³-hybridized carbons (Fsp3) is 0.111. The van der Waals surface area contributed by atoms with Crippen LogP contribution in [-0.4, -0.2) is 16.0 Å². The molecule has 0 aliphatic rings. The molecule has 0 atom stereocenters. The van der Waals surface area contributed by atoms with Gasteiger partial charge in [0.1, 0.15) is 11.5 Å². The van der Waals surface area contributed by atoms with Gasteiger partial charge in [0.2, 0.25) is 0 Å². The van der Waals surface area contributed by atoms with Gasteiger partial charge in [-0.2, -0.15) is 12.6 Å². The molecular formula is C9H8O2S. The smallest absolute Gasteiger partial charge is 0.134 e. The van der Waals surface area contributed by atoms with E-state index in [-0.39, 0.29) is 11.5 Å². The van der Waals surface area contributed by atoms with E-state index in [0.29, 0.717) is 11.3 Å². The summed E-state index contributed by atoms with van der Waals surface area (Å²) in [5, 5.41) is 18.2. The van der Waals surface area contributed by atoms with E-state index in [9.17, 15) is 5.11 Å². The van der Waals surface area contributed by atoms with E-state index in [1.807, 2.05) is 0 Å². The van der Waals surface area contributed by atoms with Crippen LogP contribution in [0.5, 0.6) is 11.5 Å². The molecule has 1 aromatic carbocycles. The summed E-state index contributed by atoms with van der Waals surface area (Å²) in [6.07, 6.45) is 0. The van der Waals surface area contributed by atoms with E-state index in [0.717, 1.165) is 0 Å². The Kier molecular flexibility index (Phi) is 2.89. The van der Waals surface area contributed by atoms with Crippen molar-refractivity contribution in [1.29, 1.82) is 0 Å². The van der Waals surface area contributed by atoms with Crippen molar-refractivity contribution >= 4 is 12.6 Å². The molecule has 0 aromatic heterocycles. The Balaban J connectivity index is 3.01. The molecule has 0 amide bonds. The molecule has 12 heavy (non-hydrogen) atoms. The third-order valence-electron chi connectivity index (χ3n) is 1.28. The van der Waals surface area contributed by atoms with Crippen molar-refractivity contribution < 1.29 is 10.2 Å². The van der Waals surface area contributed by atoms with Crippen molar-refractivity contribution in [2.24, 2.45) is 0 Å². The highest BCUT2D eigenvalue weighted by molar-refractivity contribution is 7.80. The van der Waals surface area contributed by atoms with Crippen LogP contribution >= 0.6 is 12.6 Å². The summed E-state index contributed by atoms with van der Waals surface area (Å²) < 4.78 is 0. The fourth-order valence-corrected chi connectivity index (χ4v) is 0.840. The van der Waals surface area contributed by atoms with Crippen molar-refractivity contribution in [2.75, 3.05) is 5.75 Å². The van der Waals surface area contributed by atoms with Crippen LogP contribution in [0.2, 0.25) is 0 Å². The molecule has 0 aliphatic carbocycles. The van der Waals surface area contributed by atoms with Gasteiger partial charge in [-0.05, 0) is 12.1 Å². The number of aromatic hydroxyl groups is 2. The summed E-state index contributed by atoms with van der Waals surface area (Å²) in [4.78, 5) is 0. The van der Waals surface area contributed by atoms with Crippen LogP contribution in [0.3, 0.4) is 0 Å². The Morgan fingerprint density at radius 2 is 2.08 bits per heavy atom. The summed E-state index contributed by atoms with van der Waals surface area (Å²) in [6, 6.07) is 4.28. The van der Waals surface area contributed by atoms with Gasteiger partial charge in [0, 0.05) is 6.07 Å². The van der Waals surface area contributed by atoms with Gasteiger partial charge in [0.05, 0.1) is 11.3 Å². The predicted octanol–water partition coefficient (Wildman–Crippen LogP) is 1.38. The molecule has 0 bridgehead atoms. The van der Waals surface area contributed by atoms with Crippen LogP contribution < -0.4 is 0 Å². The van der Waals surface area contributed by atoms with Crippen LogP contribution in [0, 0.1) is 11.8 Å². The lowest BCUT2D eigenvalue weighted by atomic mass is 10.2. The summed E-state index contributed by atoms with van der Waals surface area (Å²) in [6.45, 7) is 0. The highest BCUT2D eigenvalue weighted by atomic mass is 32.1. The van der Waals surface area contributed by atoms with Crippen molar-refractivity contribution in [1.82, 2.24) is 0 Å². The van der Waals surface area contributed by atoms with E-state index >= 15 is 0 Å². The molecule has 0 heterocycles. The maximum atomic E-state index is 9.23. The molecule has 62 valence electrons. The first-order valence-corrected chi connectivity index (χ1v) is 3.99. The quantitative estimate of drug-likeness (QED) is 0.417. The standard InChI is InChI=1S/C9H8O2S/c10-8-4-3-7(2-1-5-12)9(11)6-8/h3-4,6,10-12H,5H2. The molecule has 1 aromatic rings. The Morgan fingerprint density at radius 3 is 2.67 bits per heavy atom. The van der Waals surface area contributed by atoms with Crippen LogP contribution in [0.25, 0.3) is 0 Å². The molecule has 0 aliphatic heterocycles. The van der Waals surface area contributed by atoms with Gasteiger partial charge in [-0.25, -0.2) is 0 Å². The second-order valence-corrected chi connectivity index (χ2v) is 2.48. The van der Waals surface area contributed by atoms with Crippen molar-refractivity contribution in [3.63, 3.8) is 0 Å². The maximum Gasteiger partial charge on any atom is 0.134 e. The lowest BCUT2D eigenvalue weighted by Gasteiger charge is -1.96. The van der Waals surface area contributed by atoms with E-state index in [1.165, 1.54) is 12.1 Å². The summed E-state index contributed by atoms with van der Waals surface area (Å²) in [5.74, 6) is 5.87. The molecule has 0 radical (unpaired) electrons. The lowest BCUT2D eigenvalue weighted by molar-refractivity contribution is 0.449. The van der Waals surface area contributed by atoms with Crippen LogP contribution in [-0.2, 0) is 0 Å².